The first-order valence-electron chi connectivity index (χ1n) is 9.22. The minimum atomic E-state index is -4.35. The second-order valence-electron chi connectivity index (χ2n) is 6.60. The van der Waals surface area contributed by atoms with Gasteiger partial charge in [-0.2, -0.15) is 13.2 Å². The molecule has 0 aliphatic rings. The number of carbonyl (C=O) groups excluding carboxylic acids is 1. The smallest absolute Gasteiger partial charge is 0.416 e. The van der Waals surface area contributed by atoms with Crippen LogP contribution in [-0.2, 0) is 23.8 Å². The van der Waals surface area contributed by atoms with Gasteiger partial charge in [0.25, 0.3) is 0 Å². The molecule has 0 radical (unpaired) electrons. The van der Waals surface area contributed by atoms with Crippen LogP contribution in [0.5, 0.6) is 5.75 Å². The van der Waals surface area contributed by atoms with Gasteiger partial charge >= 0.3 is 11.9 Å². The van der Waals surface area contributed by atoms with Crippen LogP contribution in [0.3, 0.4) is 0 Å². The molecular formula is C20H22F3N3O4. The first-order valence-corrected chi connectivity index (χ1v) is 9.22. The van der Waals surface area contributed by atoms with E-state index in [1.54, 1.807) is 6.07 Å². The minimum Gasteiger partial charge on any atom is -0.485 e. The van der Waals surface area contributed by atoms with Gasteiger partial charge in [0.15, 0.2) is 5.75 Å². The summed E-state index contributed by atoms with van der Waals surface area (Å²) in [5.41, 5.74) is 5.21. The van der Waals surface area contributed by atoms with Crippen molar-refractivity contribution < 1.29 is 27.6 Å². The summed E-state index contributed by atoms with van der Waals surface area (Å²) in [6.45, 7) is 1.13. The third kappa shape index (κ3) is 7.36. The lowest BCUT2D eigenvalue weighted by Crippen LogP contribution is -2.22. The first kappa shape index (κ1) is 23.1. The number of hydrogen-bond acceptors (Lipinski definition) is 5. The van der Waals surface area contributed by atoms with Gasteiger partial charge in [-0.15, -0.1) is 0 Å². The molecule has 0 aliphatic heterocycles. The van der Waals surface area contributed by atoms with E-state index in [1.165, 1.54) is 24.3 Å². The van der Waals surface area contributed by atoms with Gasteiger partial charge in [0.2, 0.25) is 5.91 Å². The maximum absolute atomic E-state index is 12.7. The van der Waals surface area contributed by atoms with Crippen LogP contribution in [0.15, 0.2) is 42.5 Å². The number of benzene rings is 2. The average molecular weight is 425 g/mol. The van der Waals surface area contributed by atoms with Crippen molar-refractivity contribution in [2.45, 2.75) is 25.4 Å². The molecule has 2 aromatic rings. The topological polar surface area (TPSA) is 107 Å². The van der Waals surface area contributed by atoms with Crippen LogP contribution < -0.4 is 15.8 Å². The van der Waals surface area contributed by atoms with Gasteiger partial charge in [-0.3, -0.25) is 14.9 Å². The number of hydrogen-bond donors (Lipinski definition) is 2. The summed E-state index contributed by atoms with van der Waals surface area (Å²) in [7, 11) is 0. The monoisotopic (exact) mass is 425 g/mol. The van der Waals surface area contributed by atoms with Crippen LogP contribution in [0, 0.1) is 10.1 Å². The third-order valence-corrected chi connectivity index (χ3v) is 4.21. The molecule has 2 rings (SSSR count). The Hall–Kier alpha value is -3.14. The van der Waals surface area contributed by atoms with Crippen LogP contribution in [0.25, 0.3) is 0 Å². The Balaban J connectivity index is 1.74. The van der Waals surface area contributed by atoms with Gasteiger partial charge in [-0.1, -0.05) is 24.3 Å². The Bertz CT molecular complexity index is 888. The number of nitrogens with zero attached hydrogens (tertiary/aromatic N) is 1. The number of rotatable bonds is 11. The molecule has 0 aromatic heterocycles. The Kier molecular flexibility index (Phi) is 8.16. The number of ether oxygens (including phenoxy) is 1. The van der Waals surface area contributed by atoms with Gasteiger partial charge in [0.1, 0.15) is 6.61 Å². The molecule has 2 aromatic carbocycles. The highest BCUT2D eigenvalue weighted by molar-refractivity contribution is 5.77. The number of aryl methyl sites for hydroxylation is 1. The number of amides is 1. The minimum absolute atomic E-state index is 0.0824. The van der Waals surface area contributed by atoms with E-state index in [2.05, 4.69) is 5.32 Å². The van der Waals surface area contributed by atoms with E-state index >= 15 is 0 Å². The Labute approximate surface area is 171 Å². The molecule has 0 saturated carbocycles. The quantitative estimate of drug-likeness (QED) is 0.327. The van der Waals surface area contributed by atoms with Crippen molar-refractivity contribution in [2.75, 3.05) is 19.7 Å². The lowest BCUT2D eigenvalue weighted by molar-refractivity contribution is -0.385. The largest absolute Gasteiger partial charge is 0.485 e. The summed E-state index contributed by atoms with van der Waals surface area (Å²) in [6.07, 6.45) is -3.34. The Morgan fingerprint density at radius 3 is 2.57 bits per heavy atom. The van der Waals surface area contributed by atoms with Crippen molar-refractivity contribution in [3.8, 4) is 5.75 Å². The van der Waals surface area contributed by atoms with Crippen LogP contribution in [0.2, 0.25) is 0 Å². The molecule has 0 atom stereocenters. The van der Waals surface area contributed by atoms with Crippen molar-refractivity contribution in [3.63, 3.8) is 0 Å². The van der Waals surface area contributed by atoms with Crippen LogP contribution in [-0.4, -0.2) is 30.5 Å². The summed E-state index contributed by atoms with van der Waals surface area (Å²) in [4.78, 5) is 21.5. The highest BCUT2D eigenvalue weighted by Crippen LogP contribution is 2.30. The summed E-state index contributed by atoms with van der Waals surface area (Å²) in [6, 6.07) is 9.44. The highest BCUT2D eigenvalue weighted by atomic mass is 19.4. The van der Waals surface area contributed by atoms with Crippen molar-refractivity contribution in [1.82, 2.24) is 5.32 Å². The Morgan fingerprint density at radius 2 is 1.90 bits per heavy atom. The van der Waals surface area contributed by atoms with E-state index in [1.807, 2.05) is 0 Å². The molecular weight excluding hydrogens is 403 g/mol. The molecule has 10 heteroatoms. The van der Waals surface area contributed by atoms with Gasteiger partial charge in [0.05, 0.1) is 16.9 Å². The fourth-order valence-corrected chi connectivity index (χ4v) is 2.82. The summed E-state index contributed by atoms with van der Waals surface area (Å²) in [5, 5.41) is 14.3. The molecule has 0 fully saturated rings. The molecule has 30 heavy (non-hydrogen) atoms. The van der Waals surface area contributed by atoms with E-state index in [9.17, 15) is 28.1 Å². The van der Waals surface area contributed by atoms with E-state index in [0.717, 1.165) is 12.1 Å². The number of nitro benzene ring substituents is 1. The number of alkyl halides is 3. The van der Waals surface area contributed by atoms with Crippen molar-refractivity contribution in [1.29, 1.82) is 0 Å². The standard InChI is InChI=1S/C20H22F3N3O4/c21-20(22,23)16-5-1-3-14(11-16)4-2-8-25-9-10-30-18-7-6-15(13-19(24)27)12-17(18)26(28)29/h1,3,5-7,11-12,25H,2,4,8-10,13H2,(H2,24,27). The van der Waals surface area contributed by atoms with Gasteiger partial charge in [0, 0.05) is 12.6 Å². The summed E-state index contributed by atoms with van der Waals surface area (Å²) in [5.74, 6) is -0.508. The van der Waals surface area contributed by atoms with Crippen LogP contribution in [0.4, 0.5) is 18.9 Å². The molecule has 0 bridgehead atoms. The fraction of sp³-hybridized carbons (Fsp3) is 0.350. The SMILES string of the molecule is NC(=O)Cc1ccc(OCCNCCCc2cccc(C(F)(F)F)c2)c([N+](=O)[O-])c1. The molecule has 7 nitrogen and oxygen atoms in total. The maximum Gasteiger partial charge on any atom is 0.416 e. The van der Waals surface area contributed by atoms with Crippen molar-refractivity contribution in [3.05, 3.63) is 69.3 Å². The number of carbonyl (C=O) groups is 1. The van der Waals surface area contributed by atoms with Crippen molar-refractivity contribution >= 4 is 11.6 Å². The molecule has 0 unspecified atom stereocenters. The highest BCUT2D eigenvalue weighted by Gasteiger charge is 2.30. The predicted molar refractivity (Wildman–Crippen MR) is 104 cm³/mol. The average Bonchev–Trinajstić information content (AvgIpc) is 2.67. The molecule has 0 heterocycles. The fourth-order valence-electron chi connectivity index (χ4n) is 2.82. The molecule has 3 N–H and O–H groups in total. The third-order valence-electron chi connectivity index (χ3n) is 4.21. The van der Waals surface area contributed by atoms with Gasteiger partial charge in [-0.05, 0) is 42.6 Å². The molecule has 0 aliphatic carbocycles. The van der Waals surface area contributed by atoms with E-state index < -0.39 is 22.6 Å². The second-order valence-corrected chi connectivity index (χ2v) is 6.60. The summed E-state index contributed by atoms with van der Waals surface area (Å²) >= 11 is 0. The molecule has 1 amide bonds. The molecule has 0 spiro atoms. The van der Waals surface area contributed by atoms with Gasteiger partial charge in [-0.25, -0.2) is 0 Å². The maximum atomic E-state index is 12.7. The predicted octanol–water partition coefficient (Wildman–Crippen LogP) is 3.24. The number of halogens is 3. The Morgan fingerprint density at radius 1 is 1.13 bits per heavy atom. The number of nitro groups is 1. The molecule has 0 saturated heterocycles. The second kappa shape index (κ2) is 10.6. The lowest BCUT2D eigenvalue weighted by atomic mass is 10.1. The van der Waals surface area contributed by atoms with Crippen molar-refractivity contribution in [2.24, 2.45) is 5.73 Å². The van der Waals surface area contributed by atoms with E-state index in [4.69, 9.17) is 10.5 Å². The zero-order chi connectivity index (χ0) is 22.1. The number of nitrogens with two attached hydrogens (primary N) is 1. The summed E-state index contributed by atoms with van der Waals surface area (Å²) < 4.78 is 43.5. The van der Waals surface area contributed by atoms with Crippen LogP contribution >= 0.6 is 0 Å². The molecule has 162 valence electrons. The zero-order valence-corrected chi connectivity index (χ0v) is 16.1. The lowest BCUT2D eigenvalue weighted by Gasteiger charge is -2.10. The van der Waals surface area contributed by atoms with Crippen LogP contribution in [0.1, 0.15) is 23.1 Å². The first-order chi connectivity index (χ1) is 14.2. The number of primary amides is 1. The van der Waals surface area contributed by atoms with Gasteiger partial charge < -0.3 is 15.8 Å². The number of nitrogens with one attached hydrogen (secondary N) is 1. The normalized spacial score (nSPS) is 11.3. The van der Waals surface area contributed by atoms with E-state index in [0.29, 0.717) is 37.1 Å². The van der Waals surface area contributed by atoms with E-state index in [-0.39, 0.29) is 24.5 Å². The zero-order valence-electron chi connectivity index (χ0n) is 16.1.